The Kier molecular flexibility index (Phi) is 4.88. The molecule has 1 aliphatic rings. The second-order valence-corrected chi connectivity index (χ2v) is 6.40. The topological polar surface area (TPSA) is 188 Å². The molecule has 5 rings (SSSR count). The molecular weight excluding hydrogens is 396 g/mol. The van der Waals surface area contributed by atoms with E-state index in [0.29, 0.717) is 16.8 Å². The van der Waals surface area contributed by atoms with Crippen LogP contribution in [0.2, 0.25) is 0 Å². The zero-order valence-corrected chi connectivity index (χ0v) is 15.3. The highest BCUT2D eigenvalue weighted by molar-refractivity contribution is 5.69. The smallest absolute Gasteiger partial charge is 0.278 e. The van der Waals surface area contributed by atoms with Crippen LogP contribution in [0.3, 0.4) is 0 Å². The van der Waals surface area contributed by atoms with Crippen molar-refractivity contribution in [3.05, 3.63) is 46.0 Å². The Balaban J connectivity index is 0.000000181. The highest BCUT2D eigenvalue weighted by Gasteiger charge is 2.47. The lowest BCUT2D eigenvalue weighted by Crippen LogP contribution is -2.41. The van der Waals surface area contributed by atoms with Gasteiger partial charge in [-0.1, -0.05) is 5.92 Å². The van der Waals surface area contributed by atoms with Crippen LogP contribution < -0.4 is 11.1 Å². The van der Waals surface area contributed by atoms with Gasteiger partial charge in [-0.05, 0) is 0 Å². The maximum atomic E-state index is 11.6. The first-order valence-corrected chi connectivity index (χ1v) is 8.70. The Labute approximate surface area is 166 Å². The Hall–Kier alpha value is -3.86. The van der Waals surface area contributed by atoms with Crippen LogP contribution in [0.15, 0.2) is 34.9 Å². The molecule has 0 saturated carbocycles. The second kappa shape index (κ2) is 7.52. The van der Waals surface area contributed by atoms with E-state index < -0.39 is 24.5 Å². The standard InChI is InChI=1S/C12H12N4O4.C5H4N4O/c1-2-12(4-17)7(18)3-8(20-12)16-6-15-9-10(16)13-5-14-11(9)19;10-5-3-4(7-1-6-3)8-2-9-5/h1,5-8,17-18H,3-4H2,(H,13,14,19);1-2H,(H2,6,7,8,9,10)/t7-,8+,12+;/m0./s1. The van der Waals surface area contributed by atoms with Gasteiger partial charge in [0, 0.05) is 6.42 Å². The molecule has 0 amide bonds. The molecule has 0 unspecified atom stereocenters. The fourth-order valence-corrected chi connectivity index (χ4v) is 3.09. The Bertz CT molecular complexity index is 1350. The number of aromatic amines is 3. The molecule has 1 saturated heterocycles. The molecule has 0 aromatic carbocycles. The minimum Gasteiger partial charge on any atom is -0.392 e. The van der Waals surface area contributed by atoms with Gasteiger partial charge in [0.15, 0.2) is 27.9 Å². The number of aromatic nitrogens is 8. The lowest BCUT2D eigenvalue weighted by molar-refractivity contribution is -0.0891. The van der Waals surface area contributed by atoms with Gasteiger partial charge in [-0.2, -0.15) is 0 Å². The quantitative estimate of drug-likeness (QED) is 0.242. The first-order valence-electron chi connectivity index (χ1n) is 8.70. The predicted molar refractivity (Wildman–Crippen MR) is 102 cm³/mol. The van der Waals surface area contributed by atoms with Crippen LogP contribution in [0.25, 0.3) is 22.3 Å². The van der Waals surface area contributed by atoms with Gasteiger partial charge < -0.3 is 29.9 Å². The number of ether oxygens (including phenoxy) is 1. The van der Waals surface area contributed by atoms with Crippen LogP contribution in [0.5, 0.6) is 0 Å². The average molecular weight is 412 g/mol. The Morgan fingerprint density at radius 2 is 1.87 bits per heavy atom. The van der Waals surface area contributed by atoms with Crippen LogP contribution in [0.1, 0.15) is 12.6 Å². The normalized spacial score (nSPS) is 23.2. The Morgan fingerprint density at radius 1 is 1.17 bits per heavy atom. The third-order valence-corrected chi connectivity index (χ3v) is 4.69. The first-order chi connectivity index (χ1) is 14.5. The highest BCUT2D eigenvalue weighted by atomic mass is 16.6. The lowest BCUT2D eigenvalue weighted by atomic mass is 9.99. The number of H-pyrrole nitrogens is 3. The van der Waals surface area contributed by atoms with Crippen LogP contribution in [0.4, 0.5) is 0 Å². The summed E-state index contributed by atoms with van der Waals surface area (Å²) in [5.74, 6) is 2.28. The molecule has 4 aromatic heterocycles. The van der Waals surface area contributed by atoms with E-state index in [9.17, 15) is 19.8 Å². The summed E-state index contributed by atoms with van der Waals surface area (Å²) in [6.45, 7) is -0.498. The van der Waals surface area contributed by atoms with E-state index in [1.54, 1.807) is 0 Å². The summed E-state index contributed by atoms with van der Waals surface area (Å²) in [4.78, 5) is 45.6. The zero-order valence-electron chi connectivity index (χ0n) is 15.3. The number of terminal acetylenes is 1. The Morgan fingerprint density at radius 3 is 2.53 bits per heavy atom. The van der Waals surface area contributed by atoms with Gasteiger partial charge in [-0.25, -0.2) is 19.9 Å². The molecule has 1 fully saturated rings. The molecule has 5 N–H and O–H groups in total. The summed E-state index contributed by atoms with van der Waals surface area (Å²) in [6, 6.07) is 0. The van der Waals surface area contributed by atoms with Gasteiger partial charge in [-0.15, -0.1) is 6.42 Å². The van der Waals surface area contributed by atoms with E-state index in [4.69, 9.17) is 11.2 Å². The van der Waals surface area contributed by atoms with Crippen LogP contribution in [-0.2, 0) is 4.74 Å². The number of nitrogens with zero attached hydrogens (tertiary/aromatic N) is 5. The average Bonchev–Trinajstić information content (AvgIpc) is 3.46. The summed E-state index contributed by atoms with van der Waals surface area (Å²) in [5, 5.41) is 19.3. The van der Waals surface area contributed by atoms with Crippen molar-refractivity contribution in [1.82, 2.24) is 39.5 Å². The number of fused-ring (bicyclic) bond motifs is 2. The van der Waals surface area contributed by atoms with Crippen molar-refractivity contribution in [1.29, 1.82) is 0 Å². The van der Waals surface area contributed by atoms with Gasteiger partial charge in [0.1, 0.15) is 12.3 Å². The number of aliphatic hydroxyl groups excluding tert-OH is 2. The molecule has 30 heavy (non-hydrogen) atoms. The van der Waals surface area contributed by atoms with E-state index in [-0.39, 0.29) is 23.1 Å². The lowest BCUT2D eigenvalue weighted by Gasteiger charge is -2.23. The number of aliphatic hydroxyl groups is 2. The monoisotopic (exact) mass is 412 g/mol. The van der Waals surface area contributed by atoms with E-state index in [1.165, 1.54) is 29.9 Å². The van der Waals surface area contributed by atoms with Crippen molar-refractivity contribution in [3.63, 3.8) is 0 Å². The third-order valence-electron chi connectivity index (χ3n) is 4.69. The summed E-state index contributed by atoms with van der Waals surface area (Å²) >= 11 is 0. The van der Waals surface area contributed by atoms with Crippen LogP contribution in [0, 0.1) is 12.3 Å². The molecule has 13 heteroatoms. The van der Waals surface area contributed by atoms with Crippen LogP contribution >= 0.6 is 0 Å². The van der Waals surface area contributed by atoms with Crippen molar-refractivity contribution < 1.29 is 14.9 Å². The second-order valence-electron chi connectivity index (χ2n) is 6.40. The minimum atomic E-state index is -1.44. The number of rotatable bonds is 2. The van der Waals surface area contributed by atoms with Crippen LogP contribution in [-0.4, -0.2) is 68.0 Å². The van der Waals surface area contributed by atoms with E-state index in [0.717, 1.165) is 0 Å². The predicted octanol–water partition coefficient (Wildman–Crippen LogP) is -1.59. The third kappa shape index (κ3) is 3.14. The van der Waals surface area contributed by atoms with E-state index >= 15 is 0 Å². The fourth-order valence-electron chi connectivity index (χ4n) is 3.09. The van der Waals surface area contributed by atoms with Crippen molar-refractivity contribution in [2.24, 2.45) is 0 Å². The van der Waals surface area contributed by atoms with E-state index in [1.807, 2.05) is 0 Å². The minimum absolute atomic E-state index is 0.171. The molecule has 0 spiro atoms. The fraction of sp³-hybridized carbons (Fsp3) is 0.294. The molecule has 154 valence electrons. The zero-order chi connectivity index (χ0) is 21.3. The number of imidazole rings is 2. The van der Waals surface area contributed by atoms with Gasteiger partial charge >= 0.3 is 0 Å². The van der Waals surface area contributed by atoms with E-state index in [2.05, 4.69) is 40.8 Å². The maximum absolute atomic E-state index is 11.6. The SMILES string of the molecule is C#C[C@]1(CO)O[C@@H](n2cnc3c(=O)[nH]cnc32)C[C@@H]1O.O=c1[nH]cnc2nc[nH]c12. The maximum Gasteiger partial charge on any atom is 0.278 e. The molecule has 4 aromatic rings. The van der Waals surface area contributed by atoms with Crippen molar-refractivity contribution in [2.45, 2.75) is 24.4 Å². The van der Waals surface area contributed by atoms with Gasteiger partial charge in [0.25, 0.3) is 11.1 Å². The van der Waals surface area contributed by atoms with Gasteiger partial charge in [0.2, 0.25) is 0 Å². The molecular formula is C17H16N8O5. The molecule has 5 heterocycles. The first kappa shape index (κ1) is 19.5. The van der Waals surface area contributed by atoms with Crippen molar-refractivity contribution in [2.75, 3.05) is 6.61 Å². The molecule has 0 bridgehead atoms. The summed E-state index contributed by atoms with van der Waals surface area (Å²) in [7, 11) is 0. The van der Waals surface area contributed by atoms with Crippen molar-refractivity contribution >= 4 is 22.3 Å². The summed E-state index contributed by atoms with van der Waals surface area (Å²) < 4.78 is 7.10. The number of hydrogen-bond acceptors (Lipinski definition) is 9. The highest BCUT2D eigenvalue weighted by Crippen LogP contribution is 2.37. The van der Waals surface area contributed by atoms with Crippen molar-refractivity contribution in [3.8, 4) is 12.3 Å². The molecule has 3 atom stereocenters. The molecule has 0 radical (unpaired) electrons. The molecule has 0 aliphatic carbocycles. The number of nitrogens with one attached hydrogen (secondary N) is 3. The largest absolute Gasteiger partial charge is 0.392 e. The summed E-state index contributed by atoms with van der Waals surface area (Å²) in [6.07, 6.45) is 9.26. The molecule has 13 nitrogen and oxygen atoms in total. The van der Waals surface area contributed by atoms with Gasteiger partial charge in [-0.3, -0.25) is 14.2 Å². The number of hydrogen-bond donors (Lipinski definition) is 5. The van der Waals surface area contributed by atoms with Gasteiger partial charge in [0.05, 0.1) is 31.9 Å². The summed E-state index contributed by atoms with van der Waals surface area (Å²) in [5.41, 5.74) is -0.626. The molecule has 1 aliphatic heterocycles.